The predicted octanol–water partition coefficient (Wildman–Crippen LogP) is 0.215. The fraction of sp³-hybridized carbons (Fsp3) is 0.500. The second-order valence-electron chi connectivity index (χ2n) is 4.34. The number of aromatic amines is 1. The SMILES string of the molecule is CCN1CCN(c2cc(C(=O)O)cc(=O)[nH]2)CC1. The van der Waals surface area contributed by atoms with Gasteiger partial charge in [0, 0.05) is 32.2 Å². The van der Waals surface area contributed by atoms with Crippen LogP contribution in [0.3, 0.4) is 0 Å². The predicted molar refractivity (Wildman–Crippen MR) is 68.3 cm³/mol. The zero-order chi connectivity index (χ0) is 13.1. The van der Waals surface area contributed by atoms with Gasteiger partial charge in [0.05, 0.1) is 5.56 Å². The summed E-state index contributed by atoms with van der Waals surface area (Å²) in [5.74, 6) is -0.481. The molecule has 0 bridgehead atoms. The number of likely N-dealkylation sites (N-methyl/N-ethyl adjacent to an activating group) is 1. The lowest BCUT2D eigenvalue weighted by atomic mass is 10.2. The molecule has 0 aliphatic carbocycles. The molecule has 1 aliphatic heterocycles. The summed E-state index contributed by atoms with van der Waals surface area (Å²) in [4.78, 5) is 29.4. The summed E-state index contributed by atoms with van der Waals surface area (Å²) in [6, 6.07) is 2.62. The maximum atomic E-state index is 11.4. The molecule has 1 saturated heterocycles. The molecule has 1 aromatic heterocycles. The van der Waals surface area contributed by atoms with E-state index in [1.807, 2.05) is 4.90 Å². The summed E-state index contributed by atoms with van der Waals surface area (Å²) in [7, 11) is 0. The number of pyridine rings is 1. The molecule has 2 N–H and O–H groups in total. The molecule has 0 spiro atoms. The van der Waals surface area contributed by atoms with Gasteiger partial charge < -0.3 is 19.9 Å². The number of anilines is 1. The third-order valence-corrected chi connectivity index (χ3v) is 3.24. The smallest absolute Gasteiger partial charge is 0.336 e. The Morgan fingerprint density at radius 2 is 2.00 bits per heavy atom. The van der Waals surface area contributed by atoms with Crippen LogP contribution in [0, 0.1) is 0 Å². The van der Waals surface area contributed by atoms with Crippen LogP contribution in [-0.4, -0.2) is 53.7 Å². The first-order valence-corrected chi connectivity index (χ1v) is 6.05. The summed E-state index contributed by atoms with van der Waals surface area (Å²) in [5.41, 5.74) is -0.338. The van der Waals surface area contributed by atoms with Gasteiger partial charge in [0.15, 0.2) is 0 Å². The monoisotopic (exact) mass is 251 g/mol. The second-order valence-corrected chi connectivity index (χ2v) is 4.34. The van der Waals surface area contributed by atoms with E-state index in [1.165, 1.54) is 6.07 Å². The van der Waals surface area contributed by atoms with Gasteiger partial charge in [-0.1, -0.05) is 6.92 Å². The average Bonchev–Trinajstić information content (AvgIpc) is 2.38. The molecule has 0 saturated carbocycles. The highest BCUT2D eigenvalue weighted by Gasteiger charge is 2.17. The van der Waals surface area contributed by atoms with Crippen LogP contribution in [0.15, 0.2) is 16.9 Å². The number of rotatable bonds is 3. The molecule has 18 heavy (non-hydrogen) atoms. The first kappa shape index (κ1) is 12.6. The van der Waals surface area contributed by atoms with Crippen LogP contribution >= 0.6 is 0 Å². The molecule has 98 valence electrons. The van der Waals surface area contributed by atoms with Crippen molar-refractivity contribution in [1.29, 1.82) is 0 Å². The fourth-order valence-electron chi connectivity index (χ4n) is 2.13. The molecule has 1 aliphatic rings. The molecule has 0 atom stereocenters. The summed E-state index contributed by atoms with van der Waals surface area (Å²) in [5, 5.41) is 8.93. The molecular weight excluding hydrogens is 234 g/mol. The number of carbonyl (C=O) groups is 1. The molecule has 1 fully saturated rings. The van der Waals surface area contributed by atoms with Gasteiger partial charge in [-0.05, 0) is 12.6 Å². The van der Waals surface area contributed by atoms with E-state index in [9.17, 15) is 9.59 Å². The first-order chi connectivity index (χ1) is 8.60. The molecule has 6 heteroatoms. The molecule has 0 unspecified atom stereocenters. The largest absolute Gasteiger partial charge is 0.478 e. The standard InChI is InChI=1S/C12H17N3O3/c1-2-14-3-5-15(6-4-14)10-7-9(12(17)18)8-11(16)13-10/h7-8H,2-6H2,1H3,(H,13,16)(H,17,18). The van der Waals surface area contributed by atoms with Gasteiger partial charge in [-0.2, -0.15) is 0 Å². The van der Waals surface area contributed by atoms with Gasteiger partial charge >= 0.3 is 5.97 Å². The summed E-state index contributed by atoms with van der Waals surface area (Å²) in [6.07, 6.45) is 0. The topological polar surface area (TPSA) is 76.6 Å². The number of hydrogen-bond donors (Lipinski definition) is 2. The molecule has 0 radical (unpaired) electrons. The minimum atomic E-state index is -1.07. The number of aromatic nitrogens is 1. The lowest BCUT2D eigenvalue weighted by molar-refractivity contribution is 0.0696. The molecule has 2 rings (SSSR count). The number of hydrogen-bond acceptors (Lipinski definition) is 4. The summed E-state index contributed by atoms with van der Waals surface area (Å²) < 4.78 is 0. The highest BCUT2D eigenvalue weighted by atomic mass is 16.4. The number of H-pyrrole nitrogens is 1. The summed E-state index contributed by atoms with van der Waals surface area (Å²) in [6.45, 7) is 6.58. The zero-order valence-electron chi connectivity index (χ0n) is 10.3. The zero-order valence-corrected chi connectivity index (χ0v) is 10.3. The molecular formula is C12H17N3O3. The number of aromatic carboxylic acids is 1. The van der Waals surface area contributed by atoms with E-state index in [1.54, 1.807) is 0 Å². The summed E-state index contributed by atoms with van der Waals surface area (Å²) >= 11 is 0. The number of carboxylic acids is 1. The van der Waals surface area contributed by atoms with Crippen molar-refractivity contribution in [2.24, 2.45) is 0 Å². The van der Waals surface area contributed by atoms with Crippen LogP contribution in [0.4, 0.5) is 5.82 Å². The Labute approximate surface area is 105 Å². The van der Waals surface area contributed by atoms with Gasteiger partial charge in [0.2, 0.25) is 5.56 Å². The quantitative estimate of drug-likeness (QED) is 0.803. The third-order valence-electron chi connectivity index (χ3n) is 3.24. The molecule has 1 aromatic rings. The maximum absolute atomic E-state index is 11.4. The fourth-order valence-corrected chi connectivity index (χ4v) is 2.13. The van der Waals surface area contributed by atoms with Crippen LogP contribution in [0.2, 0.25) is 0 Å². The molecule has 0 aromatic carbocycles. The normalized spacial score (nSPS) is 16.8. The highest BCUT2D eigenvalue weighted by Crippen LogP contribution is 2.13. The van der Waals surface area contributed by atoms with E-state index in [2.05, 4.69) is 16.8 Å². The van der Waals surface area contributed by atoms with Crippen molar-refractivity contribution in [3.63, 3.8) is 0 Å². The van der Waals surface area contributed by atoms with Gasteiger partial charge in [0.1, 0.15) is 5.82 Å². The van der Waals surface area contributed by atoms with E-state index >= 15 is 0 Å². The van der Waals surface area contributed by atoms with Crippen LogP contribution in [0.5, 0.6) is 0 Å². The maximum Gasteiger partial charge on any atom is 0.336 e. The second kappa shape index (κ2) is 5.22. The molecule has 2 heterocycles. The van der Waals surface area contributed by atoms with Crippen LogP contribution in [0.1, 0.15) is 17.3 Å². The van der Waals surface area contributed by atoms with Crippen molar-refractivity contribution in [2.45, 2.75) is 6.92 Å². The molecule has 0 amide bonds. The van der Waals surface area contributed by atoms with Crippen molar-refractivity contribution in [2.75, 3.05) is 37.6 Å². The van der Waals surface area contributed by atoms with E-state index < -0.39 is 5.97 Å². The minimum absolute atomic E-state index is 0.0340. The van der Waals surface area contributed by atoms with E-state index in [0.717, 1.165) is 38.8 Å². The van der Waals surface area contributed by atoms with Gasteiger partial charge in [-0.25, -0.2) is 4.79 Å². The van der Waals surface area contributed by atoms with Crippen molar-refractivity contribution >= 4 is 11.8 Å². The lowest BCUT2D eigenvalue weighted by Crippen LogP contribution is -2.46. The van der Waals surface area contributed by atoms with Crippen molar-refractivity contribution in [3.8, 4) is 0 Å². The Morgan fingerprint density at radius 3 is 2.56 bits per heavy atom. The van der Waals surface area contributed by atoms with Crippen LogP contribution < -0.4 is 10.5 Å². The van der Waals surface area contributed by atoms with E-state index in [-0.39, 0.29) is 11.1 Å². The van der Waals surface area contributed by atoms with Gasteiger partial charge in [-0.3, -0.25) is 4.79 Å². The Morgan fingerprint density at radius 1 is 1.33 bits per heavy atom. The van der Waals surface area contributed by atoms with Gasteiger partial charge in [-0.15, -0.1) is 0 Å². The Kier molecular flexibility index (Phi) is 3.66. The van der Waals surface area contributed by atoms with Crippen LogP contribution in [0.25, 0.3) is 0 Å². The molecule has 6 nitrogen and oxygen atoms in total. The van der Waals surface area contributed by atoms with Gasteiger partial charge in [0.25, 0.3) is 0 Å². The van der Waals surface area contributed by atoms with Crippen LogP contribution in [-0.2, 0) is 0 Å². The Hall–Kier alpha value is -1.82. The van der Waals surface area contributed by atoms with E-state index in [0.29, 0.717) is 5.82 Å². The minimum Gasteiger partial charge on any atom is -0.478 e. The number of nitrogens with one attached hydrogen (secondary N) is 1. The van der Waals surface area contributed by atoms with E-state index in [4.69, 9.17) is 5.11 Å². The highest BCUT2D eigenvalue weighted by molar-refractivity contribution is 5.88. The average molecular weight is 251 g/mol. The first-order valence-electron chi connectivity index (χ1n) is 6.05. The Balaban J connectivity index is 2.19. The number of nitrogens with zero attached hydrogens (tertiary/aromatic N) is 2. The number of carboxylic acid groups (broad SMARTS) is 1. The Bertz CT molecular complexity index is 490. The van der Waals surface area contributed by atoms with Crippen molar-refractivity contribution < 1.29 is 9.90 Å². The van der Waals surface area contributed by atoms with Crippen molar-refractivity contribution in [1.82, 2.24) is 9.88 Å². The van der Waals surface area contributed by atoms with Crippen molar-refractivity contribution in [3.05, 3.63) is 28.0 Å². The third kappa shape index (κ3) is 2.70. The number of piperazine rings is 1. The lowest BCUT2D eigenvalue weighted by Gasteiger charge is -2.35.